The number of halogens is 2. The standard InChI is InChI=1S/C26H29Cl2N3O2/c1-26(32)10-12-31(13-11-26)14-15-33-22-7-3-19(4-8-22)2-6-21-17-30-25(18-29-21)23-9-5-20(27)16-24(23)28/h3-5,7-9,16-18,32H,2,6,10-15H2,1H3. The van der Waals surface area contributed by atoms with Crippen LogP contribution in [0.1, 0.15) is 31.0 Å². The Balaban J connectivity index is 1.22. The van der Waals surface area contributed by atoms with E-state index in [1.54, 1.807) is 24.5 Å². The Morgan fingerprint density at radius 2 is 1.76 bits per heavy atom. The van der Waals surface area contributed by atoms with Gasteiger partial charge in [-0.1, -0.05) is 35.3 Å². The minimum Gasteiger partial charge on any atom is -0.492 e. The fourth-order valence-electron chi connectivity index (χ4n) is 3.90. The largest absolute Gasteiger partial charge is 0.492 e. The highest BCUT2D eigenvalue weighted by molar-refractivity contribution is 6.36. The number of hydrogen-bond acceptors (Lipinski definition) is 5. The van der Waals surface area contributed by atoms with Gasteiger partial charge in [0.1, 0.15) is 12.4 Å². The van der Waals surface area contributed by atoms with Crippen LogP contribution in [0.5, 0.6) is 5.75 Å². The first kappa shape index (κ1) is 24.0. The third-order valence-corrected chi connectivity index (χ3v) is 6.66. The molecule has 0 unspecified atom stereocenters. The van der Waals surface area contributed by atoms with Crippen LogP contribution >= 0.6 is 23.2 Å². The van der Waals surface area contributed by atoms with Gasteiger partial charge in [0.25, 0.3) is 0 Å². The predicted molar refractivity (Wildman–Crippen MR) is 133 cm³/mol. The van der Waals surface area contributed by atoms with Crippen LogP contribution in [0.4, 0.5) is 0 Å². The molecule has 1 N–H and O–H groups in total. The van der Waals surface area contributed by atoms with Gasteiger partial charge in [0.15, 0.2) is 0 Å². The molecule has 5 nitrogen and oxygen atoms in total. The molecule has 1 saturated heterocycles. The van der Waals surface area contributed by atoms with Crippen molar-refractivity contribution in [2.24, 2.45) is 0 Å². The van der Waals surface area contributed by atoms with Crippen LogP contribution in [0.25, 0.3) is 11.3 Å². The van der Waals surface area contributed by atoms with E-state index in [4.69, 9.17) is 27.9 Å². The van der Waals surface area contributed by atoms with E-state index in [9.17, 15) is 5.11 Å². The van der Waals surface area contributed by atoms with Crippen LogP contribution < -0.4 is 4.74 Å². The van der Waals surface area contributed by atoms with E-state index in [1.165, 1.54) is 5.56 Å². The van der Waals surface area contributed by atoms with Crippen molar-refractivity contribution >= 4 is 23.2 Å². The van der Waals surface area contributed by atoms with Crippen LogP contribution in [-0.2, 0) is 12.8 Å². The second-order valence-electron chi connectivity index (χ2n) is 8.85. The summed E-state index contributed by atoms with van der Waals surface area (Å²) in [5, 5.41) is 11.2. The van der Waals surface area contributed by atoms with Crippen LogP contribution in [0, 0.1) is 0 Å². The number of rotatable bonds is 8. The van der Waals surface area contributed by atoms with Crippen LogP contribution in [0.3, 0.4) is 0 Å². The number of aliphatic hydroxyl groups is 1. The number of nitrogens with zero attached hydrogens (tertiary/aromatic N) is 3. The maximum absolute atomic E-state index is 10.0. The number of aryl methyl sites for hydroxylation is 2. The molecule has 4 rings (SSSR count). The van der Waals surface area contributed by atoms with Crippen LogP contribution in [0.15, 0.2) is 54.9 Å². The van der Waals surface area contributed by atoms with E-state index in [0.29, 0.717) is 16.7 Å². The summed E-state index contributed by atoms with van der Waals surface area (Å²) in [7, 11) is 0. The number of hydrogen-bond donors (Lipinski definition) is 1. The first-order valence-electron chi connectivity index (χ1n) is 11.3. The average molecular weight is 486 g/mol. The predicted octanol–water partition coefficient (Wildman–Crippen LogP) is 5.46. The molecule has 0 bridgehead atoms. The third kappa shape index (κ3) is 6.90. The van der Waals surface area contributed by atoms with E-state index in [0.717, 1.165) is 68.0 Å². The van der Waals surface area contributed by atoms with Gasteiger partial charge in [-0.3, -0.25) is 14.9 Å². The summed E-state index contributed by atoms with van der Waals surface area (Å²) in [5.74, 6) is 0.881. The van der Waals surface area contributed by atoms with Crippen molar-refractivity contribution in [1.29, 1.82) is 0 Å². The number of likely N-dealkylation sites (tertiary alicyclic amines) is 1. The topological polar surface area (TPSA) is 58.5 Å². The summed E-state index contributed by atoms with van der Waals surface area (Å²) in [4.78, 5) is 11.4. The molecule has 174 valence electrons. The molecule has 3 aromatic rings. The van der Waals surface area contributed by atoms with E-state index in [2.05, 4.69) is 27.0 Å². The van der Waals surface area contributed by atoms with Crippen molar-refractivity contribution in [1.82, 2.24) is 14.9 Å². The first-order chi connectivity index (χ1) is 15.9. The number of piperidine rings is 1. The molecule has 7 heteroatoms. The fraction of sp³-hybridized carbons (Fsp3) is 0.385. The minimum absolute atomic E-state index is 0.509. The van der Waals surface area contributed by atoms with Crippen molar-refractivity contribution in [3.05, 3.63) is 76.2 Å². The second-order valence-corrected chi connectivity index (χ2v) is 9.69. The molecule has 2 aromatic carbocycles. The van der Waals surface area contributed by atoms with Crippen LogP contribution in [-0.4, -0.2) is 51.8 Å². The highest BCUT2D eigenvalue weighted by Crippen LogP contribution is 2.28. The molecule has 1 aliphatic heterocycles. The summed E-state index contributed by atoms with van der Waals surface area (Å²) in [6, 6.07) is 13.6. The van der Waals surface area contributed by atoms with E-state index >= 15 is 0 Å². The van der Waals surface area contributed by atoms with Crippen molar-refractivity contribution < 1.29 is 9.84 Å². The third-order valence-electron chi connectivity index (χ3n) is 6.12. The second kappa shape index (κ2) is 10.8. The highest BCUT2D eigenvalue weighted by atomic mass is 35.5. The molecule has 0 atom stereocenters. The van der Waals surface area contributed by atoms with Gasteiger partial charge in [0.2, 0.25) is 0 Å². The molecular weight excluding hydrogens is 457 g/mol. The zero-order chi connectivity index (χ0) is 23.3. The summed E-state index contributed by atoms with van der Waals surface area (Å²) in [6.07, 6.45) is 6.89. The zero-order valence-corrected chi connectivity index (χ0v) is 20.3. The lowest BCUT2D eigenvalue weighted by atomic mass is 9.94. The Bertz CT molecular complexity index is 1050. The molecule has 1 aromatic heterocycles. The van der Waals surface area contributed by atoms with Gasteiger partial charge in [-0.2, -0.15) is 0 Å². The quantitative estimate of drug-likeness (QED) is 0.458. The summed E-state index contributed by atoms with van der Waals surface area (Å²) < 4.78 is 5.91. The lowest BCUT2D eigenvalue weighted by Crippen LogP contribution is -2.43. The fourth-order valence-corrected chi connectivity index (χ4v) is 4.40. The average Bonchev–Trinajstić information content (AvgIpc) is 2.80. The Morgan fingerprint density at radius 3 is 2.42 bits per heavy atom. The maximum Gasteiger partial charge on any atom is 0.119 e. The Labute approximate surface area is 205 Å². The van der Waals surface area contributed by atoms with Gasteiger partial charge in [-0.05, 0) is 68.5 Å². The van der Waals surface area contributed by atoms with E-state index < -0.39 is 5.60 Å². The zero-order valence-electron chi connectivity index (χ0n) is 18.8. The van der Waals surface area contributed by atoms with Gasteiger partial charge < -0.3 is 9.84 Å². The highest BCUT2D eigenvalue weighted by Gasteiger charge is 2.26. The van der Waals surface area contributed by atoms with Crippen molar-refractivity contribution in [2.45, 2.75) is 38.2 Å². The minimum atomic E-state index is -0.509. The summed E-state index contributed by atoms with van der Waals surface area (Å²) >= 11 is 12.2. The number of benzene rings is 2. The van der Waals surface area contributed by atoms with Gasteiger partial charge in [0.05, 0.1) is 28.2 Å². The normalized spacial score (nSPS) is 16.0. The van der Waals surface area contributed by atoms with Gasteiger partial charge in [-0.15, -0.1) is 0 Å². The summed E-state index contributed by atoms with van der Waals surface area (Å²) in [5.41, 5.74) is 3.21. The Morgan fingerprint density at radius 1 is 1.00 bits per heavy atom. The summed E-state index contributed by atoms with van der Waals surface area (Å²) in [6.45, 7) is 5.30. The lowest BCUT2D eigenvalue weighted by Gasteiger charge is -2.35. The van der Waals surface area contributed by atoms with E-state index in [1.807, 2.05) is 25.1 Å². The van der Waals surface area contributed by atoms with Crippen LogP contribution in [0.2, 0.25) is 10.0 Å². The maximum atomic E-state index is 10.0. The number of aromatic nitrogens is 2. The molecule has 2 heterocycles. The molecule has 1 fully saturated rings. The molecule has 0 spiro atoms. The molecule has 0 aliphatic carbocycles. The van der Waals surface area contributed by atoms with Gasteiger partial charge in [-0.25, -0.2) is 0 Å². The molecule has 0 saturated carbocycles. The van der Waals surface area contributed by atoms with Crippen molar-refractivity contribution in [3.8, 4) is 17.0 Å². The van der Waals surface area contributed by atoms with E-state index in [-0.39, 0.29) is 0 Å². The molecule has 0 amide bonds. The van der Waals surface area contributed by atoms with Crippen molar-refractivity contribution in [2.75, 3.05) is 26.2 Å². The Hall–Kier alpha value is -2.18. The molecule has 33 heavy (non-hydrogen) atoms. The molecule has 1 aliphatic rings. The molecular formula is C26H29Cl2N3O2. The smallest absolute Gasteiger partial charge is 0.119 e. The first-order valence-corrected chi connectivity index (χ1v) is 12.1. The Kier molecular flexibility index (Phi) is 7.86. The monoisotopic (exact) mass is 485 g/mol. The van der Waals surface area contributed by atoms with Crippen molar-refractivity contribution in [3.63, 3.8) is 0 Å². The lowest BCUT2D eigenvalue weighted by molar-refractivity contribution is -0.00768. The molecule has 0 radical (unpaired) electrons. The van der Waals surface area contributed by atoms with Gasteiger partial charge >= 0.3 is 0 Å². The SMILES string of the molecule is CC1(O)CCN(CCOc2ccc(CCc3cnc(-c4ccc(Cl)cc4Cl)cn3)cc2)CC1. The van der Waals surface area contributed by atoms with Gasteiger partial charge in [0, 0.05) is 36.4 Å². The number of ether oxygens (including phenoxy) is 1.